The van der Waals surface area contributed by atoms with Crippen molar-refractivity contribution in [3.63, 3.8) is 0 Å². The third-order valence-electron chi connectivity index (χ3n) is 3.65. The molecule has 2 rings (SSSR count). The van der Waals surface area contributed by atoms with Gasteiger partial charge in [0.05, 0.1) is 0 Å². The molecule has 1 fully saturated rings. The minimum atomic E-state index is -3.70. The molecule has 0 bridgehead atoms. The molecule has 0 atom stereocenters. The zero-order valence-corrected chi connectivity index (χ0v) is 12.7. The first-order valence-electron chi connectivity index (χ1n) is 6.80. The summed E-state index contributed by atoms with van der Waals surface area (Å²) < 4.78 is 39.9. The molecule has 1 aromatic rings. The lowest BCUT2D eigenvalue weighted by molar-refractivity contribution is 0.224. The molecule has 1 aliphatic rings. The summed E-state index contributed by atoms with van der Waals surface area (Å²) in [5.41, 5.74) is 0. The summed E-state index contributed by atoms with van der Waals surface area (Å²) in [4.78, 5) is 1.90. The van der Waals surface area contributed by atoms with E-state index in [4.69, 9.17) is 0 Å². The van der Waals surface area contributed by atoms with Gasteiger partial charge >= 0.3 is 0 Å². The Kier molecular flexibility index (Phi) is 4.78. The van der Waals surface area contributed by atoms with Crippen molar-refractivity contribution in [3.8, 4) is 0 Å². The van der Waals surface area contributed by atoms with E-state index in [2.05, 4.69) is 4.90 Å². The van der Waals surface area contributed by atoms with Crippen LogP contribution in [0.5, 0.6) is 0 Å². The summed E-state index contributed by atoms with van der Waals surface area (Å²) in [5, 5.41) is 0. The zero-order chi connectivity index (χ0) is 14.8. The van der Waals surface area contributed by atoms with Crippen molar-refractivity contribution < 1.29 is 12.8 Å². The maximum Gasteiger partial charge on any atom is 0.245 e. The van der Waals surface area contributed by atoms with Crippen LogP contribution in [0.2, 0.25) is 0 Å². The molecule has 1 aromatic carbocycles. The second-order valence-corrected chi connectivity index (χ2v) is 7.45. The van der Waals surface area contributed by atoms with E-state index in [0.717, 1.165) is 19.4 Å². The number of benzene rings is 1. The van der Waals surface area contributed by atoms with E-state index in [1.54, 1.807) is 6.07 Å². The topological polar surface area (TPSA) is 40.6 Å². The number of hydrogen-bond acceptors (Lipinski definition) is 3. The standard InChI is InChI=1S/C14H21FN2O2S/c1-16(2)11-12-7-9-17(10-8-12)20(18,19)14-6-4-3-5-13(14)15/h3-6,12H,7-11H2,1-2H3. The largest absolute Gasteiger partial charge is 0.309 e. The van der Waals surface area contributed by atoms with Gasteiger partial charge in [-0.2, -0.15) is 4.31 Å². The Morgan fingerprint density at radius 1 is 1.25 bits per heavy atom. The lowest BCUT2D eigenvalue weighted by atomic mass is 9.98. The quantitative estimate of drug-likeness (QED) is 0.851. The zero-order valence-electron chi connectivity index (χ0n) is 11.9. The van der Waals surface area contributed by atoms with Crippen LogP contribution in [-0.4, -0.2) is 51.4 Å². The number of rotatable bonds is 4. The normalized spacial score (nSPS) is 18.6. The van der Waals surface area contributed by atoms with E-state index in [9.17, 15) is 12.8 Å². The maximum absolute atomic E-state index is 13.7. The van der Waals surface area contributed by atoms with Gasteiger partial charge in [-0.05, 0) is 45.0 Å². The lowest BCUT2D eigenvalue weighted by Gasteiger charge is -2.32. The second-order valence-electron chi connectivity index (χ2n) is 5.54. The van der Waals surface area contributed by atoms with Gasteiger partial charge in [-0.3, -0.25) is 0 Å². The van der Waals surface area contributed by atoms with Crippen LogP contribution in [0.25, 0.3) is 0 Å². The van der Waals surface area contributed by atoms with Gasteiger partial charge in [-0.1, -0.05) is 12.1 Å². The number of nitrogens with zero attached hydrogens (tertiary/aromatic N) is 2. The Hall–Kier alpha value is -0.980. The molecule has 0 saturated carbocycles. The Balaban J connectivity index is 2.08. The highest BCUT2D eigenvalue weighted by molar-refractivity contribution is 7.89. The van der Waals surface area contributed by atoms with Gasteiger partial charge in [0.25, 0.3) is 0 Å². The highest BCUT2D eigenvalue weighted by atomic mass is 32.2. The molecule has 1 heterocycles. The maximum atomic E-state index is 13.7. The van der Waals surface area contributed by atoms with Crippen molar-refractivity contribution >= 4 is 10.0 Å². The molecule has 6 heteroatoms. The Labute approximate surface area is 120 Å². The van der Waals surface area contributed by atoms with Gasteiger partial charge in [-0.25, -0.2) is 12.8 Å². The molecule has 0 spiro atoms. The predicted octanol–water partition coefficient (Wildman–Crippen LogP) is 1.79. The summed E-state index contributed by atoms with van der Waals surface area (Å²) >= 11 is 0. The smallest absolute Gasteiger partial charge is 0.245 e. The van der Waals surface area contributed by atoms with E-state index in [1.165, 1.54) is 22.5 Å². The third-order valence-corrected chi connectivity index (χ3v) is 5.58. The van der Waals surface area contributed by atoms with E-state index in [0.29, 0.717) is 19.0 Å². The van der Waals surface area contributed by atoms with Crippen LogP contribution >= 0.6 is 0 Å². The van der Waals surface area contributed by atoms with Crippen molar-refractivity contribution in [1.82, 2.24) is 9.21 Å². The van der Waals surface area contributed by atoms with Crippen molar-refractivity contribution in [1.29, 1.82) is 0 Å². The van der Waals surface area contributed by atoms with Gasteiger partial charge < -0.3 is 4.90 Å². The number of halogens is 1. The molecule has 0 amide bonds. The van der Waals surface area contributed by atoms with Crippen molar-refractivity contribution in [2.24, 2.45) is 5.92 Å². The van der Waals surface area contributed by atoms with Gasteiger partial charge in [0.15, 0.2) is 0 Å². The average Bonchev–Trinajstić information content (AvgIpc) is 2.39. The van der Waals surface area contributed by atoms with Gasteiger partial charge in [-0.15, -0.1) is 0 Å². The van der Waals surface area contributed by atoms with Crippen molar-refractivity contribution in [3.05, 3.63) is 30.1 Å². The summed E-state index contributed by atoms with van der Waals surface area (Å²) in [6, 6.07) is 5.56. The Morgan fingerprint density at radius 3 is 2.40 bits per heavy atom. The fraction of sp³-hybridized carbons (Fsp3) is 0.571. The van der Waals surface area contributed by atoms with Crippen LogP contribution in [0.15, 0.2) is 29.2 Å². The van der Waals surface area contributed by atoms with E-state index < -0.39 is 15.8 Å². The van der Waals surface area contributed by atoms with Gasteiger partial charge in [0.1, 0.15) is 10.7 Å². The molecule has 0 aliphatic carbocycles. The molecule has 0 N–H and O–H groups in total. The molecule has 1 aliphatic heterocycles. The summed E-state index contributed by atoms with van der Waals surface area (Å²) in [6.07, 6.45) is 1.65. The second kappa shape index (κ2) is 6.20. The minimum Gasteiger partial charge on any atom is -0.309 e. The minimum absolute atomic E-state index is 0.217. The number of sulfonamides is 1. The van der Waals surface area contributed by atoms with Crippen molar-refractivity contribution in [2.45, 2.75) is 17.7 Å². The van der Waals surface area contributed by atoms with Gasteiger partial charge in [0.2, 0.25) is 10.0 Å². The first-order valence-corrected chi connectivity index (χ1v) is 8.24. The third kappa shape index (κ3) is 3.37. The van der Waals surface area contributed by atoms with Crippen LogP contribution in [0.1, 0.15) is 12.8 Å². The van der Waals surface area contributed by atoms with Crippen LogP contribution in [0, 0.1) is 11.7 Å². The predicted molar refractivity (Wildman–Crippen MR) is 76.4 cm³/mol. The lowest BCUT2D eigenvalue weighted by Crippen LogP contribution is -2.40. The SMILES string of the molecule is CN(C)CC1CCN(S(=O)(=O)c2ccccc2F)CC1. The molecule has 0 aromatic heterocycles. The fourth-order valence-electron chi connectivity index (χ4n) is 2.64. The number of piperidine rings is 1. The molecule has 112 valence electrons. The first-order chi connectivity index (χ1) is 9.41. The molecule has 1 saturated heterocycles. The molecule has 0 unspecified atom stereocenters. The van der Waals surface area contributed by atoms with E-state index in [1.807, 2.05) is 14.1 Å². The molecule has 0 radical (unpaired) electrons. The highest BCUT2D eigenvalue weighted by Gasteiger charge is 2.31. The van der Waals surface area contributed by atoms with E-state index in [-0.39, 0.29) is 4.90 Å². The average molecular weight is 300 g/mol. The molecule has 4 nitrogen and oxygen atoms in total. The summed E-state index contributed by atoms with van der Waals surface area (Å²) in [5.74, 6) is -0.167. The monoisotopic (exact) mass is 300 g/mol. The first kappa shape index (κ1) is 15.4. The molecular formula is C14H21FN2O2S. The molecule has 20 heavy (non-hydrogen) atoms. The van der Waals surface area contributed by atoms with Crippen LogP contribution in [0.3, 0.4) is 0 Å². The Morgan fingerprint density at radius 2 is 1.85 bits per heavy atom. The van der Waals surface area contributed by atoms with Crippen LogP contribution in [0.4, 0.5) is 4.39 Å². The van der Waals surface area contributed by atoms with Crippen LogP contribution < -0.4 is 0 Å². The van der Waals surface area contributed by atoms with Crippen LogP contribution in [-0.2, 0) is 10.0 Å². The highest BCUT2D eigenvalue weighted by Crippen LogP contribution is 2.25. The fourth-order valence-corrected chi connectivity index (χ4v) is 4.18. The summed E-state index contributed by atoms with van der Waals surface area (Å²) in [7, 11) is 0.333. The van der Waals surface area contributed by atoms with Crippen molar-refractivity contribution in [2.75, 3.05) is 33.7 Å². The molecular weight excluding hydrogens is 279 g/mol. The number of hydrogen-bond donors (Lipinski definition) is 0. The summed E-state index contributed by atoms with van der Waals surface area (Å²) in [6.45, 7) is 1.90. The Bertz CT molecular complexity index is 552. The van der Waals surface area contributed by atoms with E-state index >= 15 is 0 Å². The van der Waals surface area contributed by atoms with Gasteiger partial charge in [0, 0.05) is 19.6 Å².